The molecule has 7 nitrogen and oxygen atoms in total. The molecule has 0 radical (unpaired) electrons. The van der Waals surface area contributed by atoms with E-state index in [2.05, 4.69) is 0 Å². The highest BCUT2D eigenvalue weighted by Gasteiger charge is 2.21. The van der Waals surface area contributed by atoms with Gasteiger partial charge in [-0.25, -0.2) is 16.8 Å². The van der Waals surface area contributed by atoms with Crippen molar-refractivity contribution in [3.8, 4) is 5.75 Å². The van der Waals surface area contributed by atoms with Crippen LogP contribution in [-0.4, -0.2) is 23.4 Å². The van der Waals surface area contributed by atoms with Crippen LogP contribution in [-0.2, 0) is 20.0 Å². The summed E-state index contributed by atoms with van der Waals surface area (Å²) in [5.74, 6) is 0.507. The fraction of sp³-hybridized carbons (Fsp3) is 0.143. The van der Waals surface area contributed by atoms with Gasteiger partial charge in [-0.05, 0) is 43.3 Å². The predicted molar refractivity (Wildman–Crippen MR) is 89.7 cm³/mol. The number of nitrogens with one attached hydrogen (secondary N) is 2. The second kappa shape index (κ2) is 7.49. The van der Waals surface area contributed by atoms with E-state index in [9.17, 15) is 16.8 Å². The summed E-state index contributed by atoms with van der Waals surface area (Å²) in [6.07, 6.45) is 0. The maximum absolute atomic E-state index is 12.2. The fourth-order valence-electron chi connectivity index (χ4n) is 1.77. The number of ether oxygens (including phenoxy) is 1. The van der Waals surface area contributed by atoms with Crippen molar-refractivity contribution < 1.29 is 21.6 Å². The molecule has 2 aromatic carbocycles. The molecule has 0 saturated carbocycles. The molecule has 0 aliphatic carbocycles. The second-order valence-electron chi connectivity index (χ2n) is 4.55. The molecule has 0 saturated heterocycles. The first-order valence-electron chi connectivity index (χ1n) is 6.77. The lowest BCUT2D eigenvalue weighted by atomic mass is 10.3. The zero-order valence-electron chi connectivity index (χ0n) is 12.6. The molecule has 0 aliphatic heterocycles. The summed E-state index contributed by atoms with van der Waals surface area (Å²) < 4.78 is 53.8. The van der Waals surface area contributed by atoms with Gasteiger partial charge < -0.3 is 4.74 Å². The van der Waals surface area contributed by atoms with Crippen molar-refractivity contribution in [2.75, 3.05) is 6.61 Å². The van der Waals surface area contributed by atoms with Gasteiger partial charge in [0.15, 0.2) is 0 Å². The van der Waals surface area contributed by atoms with Crippen molar-refractivity contribution in [1.29, 1.82) is 0 Å². The van der Waals surface area contributed by atoms with Crippen LogP contribution in [0.5, 0.6) is 5.75 Å². The first-order valence-corrected chi connectivity index (χ1v) is 10.1. The van der Waals surface area contributed by atoms with Gasteiger partial charge in [0.1, 0.15) is 10.6 Å². The Hall–Kier alpha value is -1.65. The van der Waals surface area contributed by atoms with Crippen LogP contribution in [0.1, 0.15) is 6.92 Å². The highest BCUT2D eigenvalue weighted by Crippen LogP contribution is 2.20. The first-order chi connectivity index (χ1) is 11.3. The van der Waals surface area contributed by atoms with E-state index in [1.54, 1.807) is 13.0 Å². The number of benzene rings is 2. The molecular formula is C14H15ClN2O5S2. The molecule has 2 aromatic rings. The van der Waals surface area contributed by atoms with Crippen LogP contribution in [0.15, 0.2) is 58.3 Å². The molecular weight excluding hydrogens is 376 g/mol. The normalized spacial score (nSPS) is 12.1. The maximum atomic E-state index is 12.2. The molecule has 10 heteroatoms. The monoisotopic (exact) mass is 390 g/mol. The Kier molecular flexibility index (Phi) is 5.83. The van der Waals surface area contributed by atoms with Crippen molar-refractivity contribution in [3.05, 3.63) is 53.6 Å². The fourth-order valence-corrected chi connectivity index (χ4v) is 4.39. The third kappa shape index (κ3) is 4.46. The van der Waals surface area contributed by atoms with Crippen LogP contribution in [0.3, 0.4) is 0 Å². The molecule has 0 aromatic heterocycles. The van der Waals surface area contributed by atoms with Gasteiger partial charge >= 0.3 is 0 Å². The Morgan fingerprint density at radius 1 is 0.917 bits per heavy atom. The zero-order chi connectivity index (χ0) is 17.8. The number of rotatable bonds is 7. The van der Waals surface area contributed by atoms with Crippen LogP contribution >= 0.6 is 11.6 Å². The SMILES string of the molecule is CCOc1ccc(S(=O)(=O)NNS(=O)(=O)c2ccccc2Cl)cc1. The number of sulfonamides is 2. The van der Waals surface area contributed by atoms with Gasteiger partial charge in [-0.3, -0.25) is 0 Å². The number of halogens is 1. The van der Waals surface area contributed by atoms with Crippen molar-refractivity contribution in [2.24, 2.45) is 0 Å². The summed E-state index contributed by atoms with van der Waals surface area (Å²) >= 11 is 5.81. The number of hydrogen-bond acceptors (Lipinski definition) is 5. The molecule has 130 valence electrons. The van der Waals surface area contributed by atoms with Gasteiger partial charge in [-0.1, -0.05) is 23.7 Å². The molecule has 2 rings (SSSR count). The third-order valence-electron chi connectivity index (χ3n) is 2.88. The minimum Gasteiger partial charge on any atom is -0.494 e. The summed E-state index contributed by atoms with van der Waals surface area (Å²) in [6.45, 7) is 2.25. The Bertz CT molecular complexity index is 912. The topological polar surface area (TPSA) is 102 Å². The highest BCUT2D eigenvalue weighted by atomic mass is 35.5. The lowest BCUT2D eigenvalue weighted by molar-refractivity contribution is 0.340. The average molecular weight is 391 g/mol. The van der Waals surface area contributed by atoms with E-state index in [1.165, 1.54) is 42.5 Å². The maximum Gasteiger partial charge on any atom is 0.255 e. The van der Waals surface area contributed by atoms with E-state index in [0.717, 1.165) is 0 Å². The van der Waals surface area contributed by atoms with Gasteiger partial charge in [0.05, 0.1) is 16.5 Å². The molecule has 0 aliphatic rings. The van der Waals surface area contributed by atoms with E-state index in [0.29, 0.717) is 12.4 Å². The Balaban J connectivity index is 2.16. The van der Waals surface area contributed by atoms with Gasteiger partial charge in [0.25, 0.3) is 20.0 Å². The lowest BCUT2D eigenvalue weighted by Crippen LogP contribution is -2.41. The summed E-state index contributed by atoms with van der Waals surface area (Å²) in [6, 6.07) is 11.2. The minimum atomic E-state index is -4.15. The van der Waals surface area contributed by atoms with Crippen LogP contribution < -0.4 is 14.4 Å². The summed E-state index contributed by atoms with van der Waals surface area (Å²) in [7, 11) is -8.23. The van der Waals surface area contributed by atoms with Crippen molar-refractivity contribution in [2.45, 2.75) is 16.7 Å². The molecule has 0 amide bonds. The van der Waals surface area contributed by atoms with Crippen molar-refractivity contribution in [1.82, 2.24) is 9.66 Å². The van der Waals surface area contributed by atoms with Crippen LogP contribution in [0, 0.1) is 0 Å². The van der Waals surface area contributed by atoms with E-state index in [4.69, 9.17) is 16.3 Å². The Morgan fingerprint density at radius 3 is 2.08 bits per heavy atom. The van der Waals surface area contributed by atoms with Gasteiger partial charge in [-0.15, -0.1) is 9.66 Å². The van der Waals surface area contributed by atoms with Gasteiger partial charge in [0.2, 0.25) is 0 Å². The highest BCUT2D eigenvalue weighted by molar-refractivity contribution is 7.92. The van der Waals surface area contributed by atoms with Crippen LogP contribution in [0.4, 0.5) is 0 Å². The van der Waals surface area contributed by atoms with E-state index in [1.807, 2.05) is 9.66 Å². The quantitative estimate of drug-likeness (QED) is 0.703. The summed E-state index contributed by atoms with van der Waals surface area (Å²) in [4.78, 5) is 3.29. The van der Waals surface area contributed by atoms with Crippen molar-refractivity contribution >= 4 is 31.6 Å². The molecule has 0 fully saturated rings. The molecule has 0 bridgehead atoms. The van der Waals surface area contributed by atoms with E-state index >= 15 is 0 Å². The first kappa shape index (κ1) is 18.7. The van der Waals surface area contributed by atoms with E-state index in [-0.39, 0.29) is 14.8 Å². The van der Waals surface area contributed by atoms with Crippen LogP contribution in [0.2, 0.25) is 5.02 Å². The molecule has 0 atom stereocenters. The summed E-state index contributed by atoms with van der Waals surface area (Å²) in [5.41, 5.74) is 0. The molecule has 0 spiro atoms. The lowest BCUT2D eigenvalue weighted by Gasteiger charge is -2.10. The molecule has 2 N–H and O–H groups in total. The average Bonchev–Trinajstić information content (AvgIpc) is 2.54. The summed E-state index contributed by atoms with van der Waals surface area (Å²) in [5, 5.41) is -0.0229. The van der Waals surface area contributed by atoms with Gasteiger partial charge in [0, 0.05) is 0 Å². The molecule has 24 heavy (non-hydrogen) atoms. The standard InChI is InChI=1S/C14H15ClN2O5S2/c1-2-22-11-7-9-12(10-8-11)23(18,19)16-17-24(20,21)14-6-4-3-5-13(14)15/h3-10,16-17H,2H2,1H3. The Labute approximate surface area is 145 Å². The molecule has 0 unspecified atom stereocenters. The van der Waals surface area contributed by atoms with Crippen LogP contribution in [0.25, 0.3) is 0 Å². The number of hydrazine groups is 1. The largest absolute Gasteiger partial charge is 0.494 e. The molecule has 0 heterocycles. The smallest absolute Gasteiger partial charge is 0.255 e. The minimum absolute atomic E-state index is 0.0229. The second-order valence-corrected chi connectivity index (χ2v) is 8.29. The zero-order valence-corrected chi connectivity index (χ0v) is 15.0. The van der Waals surface area contributed by atoms with E-state index < -0.39 is 20.0 Å². The van der Waals surface area contributed by atoms with Crippen molar-refractivity contribution in [3.63, 3.8) is 0 Å². The Morgan fingerprint density at radius 2 is 1.50 bits per heavy atom. The van der Waals surface area contributed by atoms with Gasteiger partial charge in [-0.2, -0.15) is 0 Å². The third-order valence-corrected chi connectivity index (χ3v) is 6.02. The number of hydrogen-bond donors (Lipinski definition) is 2. The predicted octanol–water partition coefficient (Wildman–Crippen LogP) is 1.91.